The van der Waals surface area contributed by atoms with Gasteiger partial charge < -0.3 is 15.1 Å². The number of rotatable bonds is 13. The van der Waals surface area contributed by atoms with Crippen LogP contribution in [0, 0.1) is 11.8 Å². The largest absolute Gasteiger partial charge is 0.481 e. The van der Waals surface area contributed by atoms with Gasteiger partial charge in [-0.05, 0) is 77.7 Å². The summed E-state index contributed by atoms with van der Waals surface area (Å²) in [5.74, 6) is -1.98. The van der Waals surface area contributed by atoms with Crippen LogP contribution in [0.1, 0.15) is 51.4 Å². The Morgan fingerprint density at radius 3 is 2.07 bits per heavy atom. The molecule has 2 saturated heterocycles. The number of nitrogens with zero attached hydrogens (tertiary/aromatic N) is 2. The van der Waals surface area contributed by atoms with Gasteiger partial charge in [0.15, 0.2) is 0 Å². The lowest BCUT2D eigenvalue weighted by Gasteiger charge is -2.35. The Bertz CT molecular complexity index is 1550. The molecule has 0 aliphatic carbocycles. The Kier molecular flexibility index (Phi) is 12.0. The third-order valence-corrected chi connectivity index (χ3v) is 14.8. The molecule has 3 N–H and O–H groups in total. The highest BCUT2D eigenvalue weighted by atomic mass is 79.9. The Hall–Kier alpha value is -1.46. The molecule has 0 bridgehead atoms. The number of aliphatic carboxylic acids is 2. The molecular formula is C27H34BrCl2N3O8S3. The zero-order valence-electron chi connectivity index (χ0n) is 23.6. The molecule has 244 valence electrons. The van der Waals surface area contributed by atoms with Crippen molar-refractivity contribution in [1.82, 2.24) is 9.03 Å². The number of anilines is 1. The molecule has 1 atom stereocenters. The van der Waals surface area contributed by atoms with Gasteiger partial charge in [0, 0.05) is 30.7 Å². The third kappa shape index (κ3) is 8.87. The number of nitrogens with one attached hydrogen (secondary N) is 1. The van der Waals surface area contributed by atoms with Crippen molar-refractivity contribution in [1.29, 1.82) is 0 Å². The summed E-state index contributed by atoms with van der Waals surface area (Å²) in [5, 5.41) is 18.3. The number of hydrogen-bond donors (Lipinski definition) is 3. The van der Waals surface area contributed by atoms with Crippen LogP contribution < -0.4 is 9.62 Å². The van der Waals surface area contributed by atoms with E-state index in [0.717, 1.165) is 69.4 Å². The fourth-order valence-corrected chi connectivity index (χ4v) is 11.2. The molecule has 1 aromatic carbocycles. The van der Waals surface area contributed by atoms with E-state index in [1.165, 1.54) is 12.1 Å². The molecule has 2 aromatic rings. The van der Waals surface area contributed by atoms with Crippen LogP contribution >= 0.6 is 50.5 Å². The van der Waals surface area contributed by atoms with Crippen LogP contribution in [0.5, 0.6) is 0 Å². The SMILES string of the molecule is O=C(O)CC(NS(=O)(=O)c1ccc(N2CCC(CCCC3CCN(S(=O)(=O)c4cc(Br)c(Cl)s4)CC3)CC2)c(Cl)c1)C(=O)O. The van der Waals surface area contributed by atoms with E-state index in [1.807, 2.05) is 4.72 Å². The summed E-state index contributed by atoms with van der Waals surface area (Å²) in [6.45, 7) is 2.54. The minimum absolute atomic E-state index is 0.208. The summed E-state index contributed by atoms with van der Waals surface area (Å²) in [4.78, 5) is 24.1. The van der Waals surface area contributed by atoms with E-state index in [9.17, 15) is 31.5 Å². The summed E-state index contributed by atoms with van der Waals surface area (Å²) >= 11 is 16.8. The number of carboxylic acids is 2. The van der Waals surface area contributed by atoms with Crippen molar-refractivity contribution < 1.29 is 36.6 Å². The second-order valence-electron chi connectivity index (χ2n) is 11.1. The molecule has 4 rings (SSSR count). The van der Waals surface area contributed by atoms with Gasteiger partial charge in [0.05, 0.1) is 22.0 Å². The fourth-order valence-electron chi connectivity index (χ4n) is 5.70. The number of halogens is 3. The molecule has 0 saturated carbocycles. The molecule has 0 spiro atoms. The number of sulfonamides is 2. The number of carboxylic acid groups (broad SMARTS) is 2. The first-order valence-electron chi connectivity index (χ1n) is 14.1. The minimum atomic E-state index is -4.31. The van der Waals surface area contributed by atoms with Crippen LogP contribution in [0.4, 0.5) is 5.69 Å². The number of thiophene rings is 1. The van der Waals surface area contributed by atoms with Crippen LogP contribution in [0.3, 0.4) is 0 Å². The highest BCUT2D eigenvalue weighted by molar-refractivity contribution is 9.10. The highest BCUT2D eigenvalue weighted by Gasteiger charge is 2.32. The summed E-state index contributed by atoms with van der Waals surface area (Å²) < 4.78 is 56.1. The predicted molar refractivity (Wildman–Crippen MR) is 173 cm³/mol. The van der Waals surface area contributed by atoms with E-state index in [-0.39, 0.29) is 14.1 Å². The second kappa shape index (κ2) is 15.0. The highest BCUT2D eigenvalue weighted by Crippen LogP contribution is 2.38. The number of benzene rings is 1. The first-order chi connectivity index (χ1) is 20.7. The first-order valence-corrected chi connectivity index (χ1v) is 19.4. The molecule has 1 unspecified atom stereocenters. The van der Waals surface area contributed by atoms with Gasteiger partial charge >= 0.3 is 11.9 Å². The van der Waals surface area contributed by atoms with E-state index in [2.05, 4.69) is 20.8 Å². The molecule has 3 heterocycles. The second-order valence-corrected chi connectivity index (χ2v) is 17.9. The average molecular weight is 776 g/mol. The maximum Gasteiger partial charge on any atom is 0.322 e. The lowest BCUT2D eigenvalue weighted by atomic mass is 9.87. The number of piperidine rings is 2. The number of hydrogen-bond acceptors (Lipinski definition) is 8. The Morgan fingerprint density at radius 1 is 0.977 bits per heavy atom. The Labute approximate surface area is 279 Å². The zero-order chi connectivity index (χ0) is 32.2. The van der Waals surface area contributed by atoms with Gasteiger partial charge in [0.2, 0.25) is 10.0 Å². The molecular weight excluding hydrogens is 741 g/mol. The smallest absolute Gasteiger partial charge is 0.322 e. The van der Waals surface area contributed by atoms with Crippen LogP contribution in [0.15, 0.2) is 37.8 Å². The average Bonchev–Trinajstić information content (AvgIpc) is 3.31. The Morgan fingerprint density at radius 2 is 1.57 bits per heavy atom. The van der Waals surface area contributed by atoms with Crippen molar-refractivity contribution >= 4 is 88.1 Å². The van der Waals surface area contributed by atoms with Gasteiger partial charge in [-0.25, -0.2) is 16.8 Å². The normalized spacial score (nSPS) is 18.4. The van der Waals surface area contributed by atoms with Crippen molar-refractivity contribution in [3.05, 3.63) is 38.1 Å². The third-order valence-electron chi connectivity index (χ3n) is 8.17. The van der Waals surface area contributed by atoms with Crippen molar-refractivity contribution in [2.24, 2.45) is 11.8 Å². The van der Waals surface area contributed by atoms with Crippen molar-refractivity contribution in [2.45, 2.75) is 66.5 Å². The minimum Gasteiger partial charge on any atom is -0.481 e. The monoisotopic (exact) mass is 773 g/mol. The zero-order valence-corrected chi connectivity index (χ0v) is 29.2. The molecule has 2 aliphatic rings. The van der Waals surface area contributed by atoms with Crippen molar-refractivity contribution in [2.75, 3.05) is 31.1 Å². The molecule has 1 aromatic heterocycles. The molecule has 44 heavy (non-hydrogen) atoms. The predicted octanol–water partition coefficient (Wildman–Crippen LogP) is 5.51. The molecule has 2 fully saturated rings. The van der Waals surface area contributed by atoms with E-state index in [0.29, 0.717) is 39.4 Å². The molecule has 0 radical (unpaired) electrons. The molecule has 17 heteroatoms. The Balaban J connectivity index is 1.21. The van der Waals surface area contributed by atoms with E-state index in [4.69, 9.17) is 28.3 Å². The summed E-state index contributed by atoms with van der Waals surface area (Å²) in [6, 6.07) is 3.92. The van der Waals surface area contributed by atoms with Crippen LogP contribution in [0.2, 0.25) is 9.36 Å². The van der Waals surface area contributed by atoms with Crippen molar-refractivity contribution in [3.63, 3.8) is 0 Å². The summed E-state index contributed by atoms with van der Waals surface area (Å²) in [5.41, 5.74) is 0.684. The molecule has 11 nitrogen and oxygen atoms in total. The van der Waals surface area contributed by atoms with E-state index >= 15 is 0 Å². The van der Waals surface area contributed by atoms with Gasteiger partial charge in [0.25, 0.3) is 10.0 Å². The quantitative estimate of drug-likeness (QED) is 0.238. The van der Waals surface area contributed by atoms with Gasteiger partial charge in [-0.1, -0.05) is 42.5 Å². The maximum atomic E-state index is 13.0. The van der Waals surface area contributed by atoms with Crippen molar-refractivity contribution in [3.8, 4) is 0 Å². The lowest BCUT2D eigenvalue weighted by molar-refractivity contribution is -0.145. The van der Waals surface area contributed by atoms with E-state index in [1.54, 1.807) is 16.4 Å². The maximum absolute atomic E-state index is 13.0. The topological polar surface area (TPSA) is 161 Å². The fraction of sp³-hybridized carbons (Fsp3) is 0.556. The molecule has 2 aliphatic heterocycles. The van der Waals surface area contributed by atoms with Crippen LogP contribution in [-0.4, -0.2) is 75.5 Å². The summed E-state index contributed by atoms with van der Waals surface area (Å²) in [7, 11) is -7.84. The van der Waals surface area contributed by atoms with Gasteiger partial charge in [-0.2, -0.15) is 9.03 Å². The summed E-state index contributed by atoms with van der Waals surface area (Å²) in [6.07, 6.45) is 5.94. The lowest BCUT2D eigenvalue weighted by Crippen LogP contribution is -2.42. The van der Waals surface area contributed by atoms with Gasteiger partial charge in [-0.15, -0.1) is 11.3 Å². The molecule has 0 amide bonds. The van der Waals surface area contributed by atoms with Crippen LogP contribution in [0.25, 0.3) is 0 Å². The standard InChI is InChI=1S/C27H34BrCl2N3O8S3/c28-20-15-25(42-26(20)30)44(40,41)33-12-8-18(9-13-33)3-1-2-17-6-10-32(11-7-17)23-5-4-19(14-21(23)29)43(38,39)31-22(27(36)37)16-24(34)35/h4-5,14-15,17-18,22,31H,1-3,6-13,16H2,(H,34,35)(H,36,37). The van der Waals surface area contributed by atoms with Gasteiger partial charge in [-0.3, -0.25) is 9.59 Å². The number of carbonyl (C=O) groups is 2. The first kappa shape index (κ1) is 35.4. The van der Waals surface area contributed by atoms with Crippen LogP contribution in [-0.2, 0) is 29.6 Å². The van der Waals surface area contributed by atoms with Gasteiger partial charge in [0.1, 0.15) is 14.6 Å². The van der Waals surface area contributed by atoms with E-state index < -0.39 is 44.4 Å².